The fraction of sp³-hybridized carbons (Fsp3) is 0.474. The first-order valence-corrected chi connectivity index (χ1v) is 8.24. The minimum Gasteiger partial charge on any atom is -0.468 e. The fourth-order valence-corrected chi connectivity index (χ4v) is 3.61. The Bertz CT molecular complexity index is 627. The molecule has 0 amide bonds. The van der Waals surface area contributed by atoms with E-state index in [0.717, 1.165) is 24.4 Å². The summed E-state index contributed by atoms with van der Waals surface area (Å²) in [5.41, 5.74) is 3.27. The molecule has 0 saturated carbocycles. The van der Waals surface area contributed by atoms with Gasteiger partial charge in [0.2, 0.25) is 0 Å². The molecule has 4 heteroatoms. The third-order valence-corrected chi connectivity index (χ3v) is 4.92. The summed E-state index contributed by atoms with van der Waals surface area (Å²) in [4.78, 5) is 27.1. The van der Waals surface area contributed by atoms with E-state index >= 15 is 0 Å². The number of hydrogen-bond acceptors (Lipinski definition) is 4. The summed E-state index contributed by atoms with van der Waals surface area (Å²) in [6, 6.07) is 8.11. The lowest BCUT2D eigenvalue weighted by molar-refractivity contribution is -0.149. The monoisotopic (exact) mass is 313 g/mol. The molecular formula is C19H23NO3. The van der Waals surface area contributed by atoms with E-state index in [4.69, 9.17) is 4.74 Å². The smallest absolute Gasteiger partial charge is 0.317 e. The van der Waals surface area contributed by atoms with Gasteiger partial charge >= 0.3 is 5.97 Å². The molecule has 1 saturated heterocycles. The van der Waals surface area contributed by atoms with E-state index in [1.807, 2.05) is 31.2 Å². The molecule has 1 aliphatic carbocycles. The van der Waals surface area contributed by atoms with Crippen LogP contribution in [0.2, 0.25) is 0 Å². The Labute approximate surface area is 137 Å². The Hall–Kier alpha value is -2.10. The highest BCUT2D eigenvalue weighted by molar-refractivity contribution is 6.07. The summed E-state index contributed by atoms with van der Waals surface area (Å²) in [7, 11) is 1.35. The Kier molecular flexibility index (Phi) is 4.51. The molecule has 1 aromatic carbocycles. The largest absolute Gasteiger partial charge is 0.468 e. The van der Waals surface area contributed by atoms with Crippen molar-refractivity contribution >= 4 is 11.8 Å². The lowest BCUT2D eigenvalue weighted by Crippen LogP contribution is -2.36. The van der Waals surface area contributed by atoms with Crippen molar-refractivity contribution in [2.45, 2.75) is 32.1 Å². The zero-order valence-electron chi connectivity index (χ0n) is 13.7. The second-order valence-corrected chi connectivity index (χ2v) is 6.45. The summed E-state index contributed by atoms with van der Waals surface area (Å²) in [5.74, 6) is -1.43. The van der Waals surface area contributed by atoms with E-state index in [2.05, 4.69) is 4.90 Å². The number of nitrogens with zero attached hydrogens (tertiary/aromatic N) is 1. The molecule has 1 heterocycles. The molecule has 4 nitrogen and oxygen atoms in total. The summed E-state index contributed by atoms with van der Waals surface area (Å²) < 4.78 is 4.89. The van der Waals surface area contributed by atoms with Crippen LogP contribution in [0.25, 0.3) is 0 Å². The number of methoxy groups -OCH3 is 1. The summed E-state index contributed by atoms with van der Waals surface area (Å²) in [6.45, 7) is 4.04. The number of likely N-dealkylation sites (tertiary alicyclic amines) is 1. The Balaban J connectivity index is 1.95. The van der Waals surface area contributed by atoms with Crippen molar-refractivity contribution in [3.8, 4) is 0 Å². The van der Waals surface area contributed by atoms with Gasteiger partial charge in [0.1, 0.15) is 5.92 Å². The molecule has 1 fully saturated rings. The van der Waals surface area contributed by atoms with Gasteiger partial charge < -0.3 is 9.64 Å². The number of benzene rings is 1. The van der Waals surface area contributed by atoms with Gasteiger partial charge in [-0.3, -0.25) is 9.59 Å². The second kappa shape index (κ2) is 6.57. The highest BCUT2D eigenvalue weighted by atomic mass is 16.5. The van der Waals surface area contributed by atoms with Gasteiger partial charge in [-0.25, -0.2) is 0 Å². The third kappa shape index (κ3) is 3.16. The van der Waals surface area contributed by atoms with Gasteiger partial charge in [0, 0.05) is 30.8 Å². The molecule has 2 atom stereocenters. The van der Waals surface area contributed by atoms with Crippen LogP contribution in [0.15, 0.2) is 36.0 Å². The van der Waals surface area contributed by atoms with E-state index in [1.165, 1.54) is 25.5 Å². The van der Waals surface area contributed by atoms with Crippen LogP contribution in [-0.4, -0.2) is 36.9 Å². The van der Waals surface area contributed by atoms with Gasteiger partial charge in [-0.2, -0.15) is 0 Å². The molecule has 0 radical (unpaired) electrons. The number of ketones is 1. The highest BCUT2D eigenvalue weighted by Gasteiger charge is 2.40. The average Bonchev–Trinajstić information content (AvgIpc) is 3.08. The molecule has 23 heavy (non-hydrogen) atoms. The number of aryl methyl sites for hydroxylation is 1. The average molecular weight is 313 g/mol. The number of hydrogen-bond donors (Lipinski definition) is 0. The van der Waals surface area contributed by atoms with E-state index < -0.39 is 11.9 Å². The molecule has 2 unspecified atom stereocenters. The van der Waals surface area contributed by atoms with E-state index in [0.29, 0.717) is 6.42 Å². The summed E-state index contributed by atoms with van der Waals surface area (Å²) in [6.07, 6.45) is 4.72. The molecule has 0 bridgehead atoms. The number of carbonyl (C=O) groups excluding carboxylic acids is 2. The first-order valence-electron chi connectivity index (χ1n) is 8.24. The number of esters is 1. The molecule has 3 rings (SSSR count). The van der Waals surface area contributed by atoms with Gasteiger partial charge in [-0.1, -0.05) is 29.8 Å². The molecule has 122 valence electrons. The van der Waals surface area contributed by atoms with Crippen molar-refractivity contribution in [3.05, 3.63) is 47.2 Å². The van der Waals surface area contributed by atoms with Gasteiger partial charge in [-0.05, 0) is 31.7 Å². The van der Waals surface area contributed by atoms with Gasteiger partial charge in [0.05, 0.1) is 7.11 Å². The number of rotatable bonds is 3. The van der Waals surface area contributed by atoms with Crippen LogP contribution in [-0.2, 0) is 14.3 Å². The van der Waals surface area contributed by atoms with Crippen LogP contribution in [0.1, 0.15) is 36.3 Å². The quantitative estimate of drug-likeness (QED) is 0.636. The number of carbonyl (C=O) groups is 2. The van der Waals surface area contributed by atoms with Crippen LogP contribution in [0.5, 0.6) is 0 Å². The fourth-order valence-electron chi connectivity index (χ4n) is 3.61. The van der Waals surface area contributed by atoms with Crippen molar-refractivity contribution < 1.29 is 14.3 Å². The standard InChI is InChI=1S/C19H23NO3/c1-13-5-7-14(8-6-13)16-11-15(20-9-3-4-10-20)12-17(21)18(16)19(22)23-2/h5-8,12,16,18H,3-4,9-11H2,1-2H3. The number of allylic oxidation sites excluding steroid dienone is 2. The van der Waals surface area contributed by atoms with Crippen molar-refractivity contribution in [2.24, 2.45) is 5.92 Å². The Morgan fingerprint density at radius 1 is 1.17 bits per heavy atom. The van der Waals surface area contributed by atoms with E-state index in [-0.39, 0.29) is 11.7 Å². The molecular weight excluding hydrogens is 290 g/mol. The molecule has 2 aliphatic rings. The van der Waals surface area contributed by atoms with Crippen molar-refractivity contribution in [1.29, 1.82) is 0 Å². The maximum Gasteiger partial charge on any atom is 0.317 e. The summed E-state index contributed by atoms with van der Waals surface area (Å²) >= 11 is 0. The second-order valence-electron chi connectivity index (χ2n) is 6.45. The first-order chi connectivity index (χ1) is 11.1. The van der Waals surface area contributed by atoms with Gasteiger partial charge in [-0.15, -0.1) is 0 Å². The third-order valence-electron chi connectivity index (χ3n) is 4.92. The van der Waals surface area contributed by atoms with E-state index in [9.17, 15) is 9.59 Å². The molecule has 0 aromatic heterocycles. The molecule has 0 N–H and O–H groups in total. The lowest BCUT2D eigenvalue weighted by atomic mass is 9.76. The molecule has 1 aromatic rings. The van der Waals surface area contributed by atoms with Crippen molar-refractivity contribution in [3.63, 3.8) is 0 Å². The lowest BCUT2D eigenvalue weighted by Gasteiger charge is -2.33. The predicted molar refractivity (Wildman–Crippen MR) is 87.9 cm³/mol. The zero-order valence-corrected chi connectivity index (χ0v) is 13.7. The number of ether oxygens (including phenoxy) is 1. The maximum absolute atomic E-state index is 12.6. The highest BCUT2D eigenvalue weighted by Crippen LogP contribution is 2.38. The predicted octanol–water partition coefficient (Wildman–Crippen LogP) is 2.82. The normalized spacial score (nSPS) is 24.5. The maximum atomic E-state index is 12.6. The van der Waals surface area contributed by atoms with Gasteiger partial charge in [0.15, 0.2) is 5.78 Å². The van der Waals surface area contributed by atoms with Crippen LogP contribution < -0.4 is 0 Å². The van der Waals surface area contributed by atoms with Crippen LogP contribution in [0.4, 0.5) is 0 Å². The van der Waals surface area contributed by atoms with Crippen molar-refractivity contribution in [2.75, 3.05) is 20.2 Å². The minimum absolute atomic E-state index is 0.129. The first kappa shape index (κ1) is 15.8. The SMILES string of the molecule is COC(=O)C1C(=O)C=C(N2CCCC2)CC1c1ccc(C)cc1. The van der Waals surface area contributed by atoms with E-state index in [1.54, 1.807) is 6.08 Å². The molecule has 1 aliphatic heterocycles. The summed E-state index contributed by atoms with van der Waals surface area (Å²) in [5, 5.41) is 0. The Morgan fingerprint density at radius 2 is 1.83 bits per heavy atom. The van der Waals surface area contributed by atoms with Crippen LogP contribution in [0.3, 0.4) is 0 Å². The minimum atomic E-state index is -0.728. The zero-order chi connectivity index (χ0) is 16.4. The molecule has 0 spiro atoms. The van der Waals surface area contributed by atoms with Crippen LogP contribution >= 0.6 is 0 Å². The van der Waals surface area contributed by atoms with Crippen molar-refractivity contribution in [1.82, 2.24) is 4.90 Å². The Morgan fingerprint density at radius 3 is 2.43 bits per heavy atom. The van der Waals surface area contributed by atoms with Gasteiger partial charge in [0.25, 0.3) is 0 Å². The van der Waals surface area contributed by atoms with Crippen LogP contribution in [0, 0.1) is 12.8 Å². The topological polar surface area (TPSA) is 46.6 Å².